The van der Waals surface area contributed by atoms with Crippen molar-refractivity contribution in [3.8, 4) is 0 Å². The van der Waals surface area contributed by atoms with Gasteiger partial charge >= 0.3 is 12.2 Å². The van der Waals surface area contributed by atoms with Gasteiger partial charge in [-0.3, -0.25) is 9.80 Å². The average molecular weight is 772 g/mol. The van der Waals surface area contributed by atoms with Gasteiger partial charge in [0.05, 0.1) is 13.1 Å². The van der Waals surface area contributed by atoms with Crippen LogP contribution in [0.4, 0.5) is 21.2 Å². The molecule has 0 saturated carbocycles. The number of anilines is 2. The summed E-state index contributed by atoms with van der Waals surface area (Å²) >= 11 is 11.9. The highest BCUT2D eigenvalue weighted by atomic mass is 35.5. The summed E-state index contributed by atoms with van der Waals surface area (Å²) < 4.78 is 9.92. The van der Waals surface area contributed by atoms with Crippen LogP contribution in [0.3, 0.4) is 0 Å². The number of cyclic esters (lactones) is 2. The second kappa shape index (κ2) is 18.4. The molecule has 10 rings (SSSR count). The van der Waals surface area contributed by atoms with E-state index in [9.17, 15) is 9.59 Å². The Bertz CT molecular complexity index is 1820. The average Bonchev–Trinajstić information content (AvgIpc) is 3.86. The molecule has 2 saturated heterocycles. The number of pyridine rings is 4. The number of aryl methyl sites for hydroxylation is 4. The maximum absolute atomic E-state index is 11.5. The van der Waals surface area contributed by atoms with Crippen molar-refractivity contribution in [1.82, 2.24) is 19.9 Å². The Labute approximate surface area is 327 Å². The van der Waals surface area contributed by atoms with Crippen molar-refractivity contribution in [3.63, 3.8) is 0 Å². The Morgan fingerprint density at radius 2 is 0.759 bits per heavy atom. The molecule has 0 unspecified atom stereocenters. The molecule has 12 heteroatoms. The lowest BCUT2D eigenvalue weighted by Crippen LogP contribution is -2.26. The van der Waals surface area contributed by atoms with Gasteiger partial charge in [0.15, 0.2) is 0 Å². The summed E-state index contributed by atoms with van der Waals surface area (Å²) in [4.78, 5) is 43.2. The molecule has 4 aliphatic carbocycles. The quantitative estimate of drug-likeness (QED) is 0.186. The smallest absolute Gasteiger partial charge is 0.415 e. The van der Waals surface area contributed by atoms with E-state index in [4.69, 9.17) is 32.7 Å². The van der Waals surface area contributed by atoms with E-state index in [1.54, 1.807) is 34.6 Å². The molecule has 4 aromatic heterocycles. The van der Waals surface area contributed by atoms with Crippen molar-refractivity contribution in [2.24, 2.45) is 0 Å². The molecule has 2 aliphatic heterocycles. The molecule has 2 amide bonds. The number of nitrogens with zero attached hydrogens (tertiary/aromatic N) is 6. The van der Waals surface area contributed by atoms with Crippen LogP contribution in [0.2, 0.25) is 10.3 Å². The molecule has 4 aromatic rings. The summed E-state index contributed by atoms with van der Waals surface area (Å²) in [5.41, 5.74) is 10.5. The number of carbonyl (C=O) groups excluding carboxylic acids is 2. The van der Waals surface area contributed by atoms with Crippen LogP contribution >= 0.6 is 23.2 Å². The van der Waals surface area contributed by atoms with E-state index in [1.807, 2.05) is 0 Å². The fraction of sp³-hybridized carbons (Fsp3) is 0.476. The second-order valence-corrected chi connectivity index (χ2v) is 15.1. The molecule has 0 bridgehead atoms. The summed E-state index contributed by atoms with van der Waals surface area (Å²) in [6.45, 7) is 2.21. The third-order valence-electron chi connectivity index (χ3n) is 11.0. The standard InChI is InChI=1S/2C12H14N2O2.2C9H10ClN/c2*15-12-14(7-8-16-12)11-10-4-2-1-3-9(10)5-6-13-11;2*10-9-8-4-2-1-3-7(8)5-6-11-9/h2*5-6H,1-4,7-8H2;2*5-6H,1-4H2. The van der Waals surface area contributed by atoms with Crippen LogP contribution in [0.15, 0.2) is 49.1 Å². The number of rotatable bonds is 2. The number of ether oxygens (including phenoxy) is 2. The SMILES string of the molecule is Clc1nccc2c1CCCC2.Clc1nccc2c1CCCC2.O=C1OCCN1c1nccc2c1CCCC2.O=C1OCCN1c1nccc2c1CCCC2. The lowest BCUT2D eigenvalue weighted by molar-refractivity contribution is 0.180. The zero-order valence-electron chi connectivity index (χ0n) is 30.8. The van der Waals surface area contributed by atoms with Crippen LogP contribution < -0.4 is 9.80 Å². The molecule has 0 aromatic carbocycles. The number of aromatic nitrogens is 4. The number of carbonyl (C=O) groups is 2. The molecule has 10 nitrogen and oxygen atoms in total. The highest BCUT2D eigenvalue weighted by molar-refractivity contribution is 6.30. The monoisotopic (exact) mass is 770 g/mol. The van der Waals surface area contributed by atoms with Gasteiger partial charge in [-0.2, -0.15) is 0 Å². The summed E-state index contributed by atoms with van der Waals surface area (Å²) in [5.74, 6) is 1.64. The minimum absolute atomic E-state index is 0.258. The van der Waals surface area contributed by atoms with E-state index in [0.29, 0.717) is 36.6 Å². The van der Waals surface area contributed by atoms with Crippen molar-refractivity contribution in [1.29, 1.82) is 0 Å². The molecular formula is C42H48Cl2N6O4. The summed E-state index contributed by atoms with van der Waals surface area (Å²) in [6.07, 6.45) is 25.5. The molecule has 6 aliphatic rings. The summed E-state index contributed by atoms with van der Waals surface area (Å²) in [6, 6.07) is 8.31. The lowest BCUT2D eigenvalue weighted by Gasteiger charge is -2.21. The topological polar surface area (TPSA) is 111 Å². The predicted molar refractivity (Wildman–Crippen MR) is 211 cm³/mol. The van der Waals surface area contributed by atoms with Crippen LogP contribution in [-0.4, -0.2) is 58.4 Å². The Morgan fingerprint density at radius 3 is 1.09 bits per heavy atom. The molecule has 284 valence electrons. The number of amides is 2. The van der Waals surface area contributed by atoms with E-state index >= 15 is 0 Å². The molecule has 0 atom stereocenters. The third kappa shape index (κ3) is 8.98. The van der Waals surface area contributed by atoms with Gasteiger partial charge in [0, 0.05) is 24.8 Å². The Hall–Kier alpha value is -4.28. The predicted octanol–water partition coefficient (Wildman–Crippen LogP) is 9.06. The summed E-state index contributed by atoms with van der Waals surface area (Å²) in [7, 11) is 0. The largest absolute Gasteiger partial charge is 0.447 e. The van der Waals surface area contributed by atoms with Crippen molar-refractivity contribution >= 4 is 47.0 Å². The molecule has 0 N–H and O–H groups in total. The fourth-order valence-electron chi connectivity index (χ4n) is 8.16. The van der Waals surface area contributed by atoms with E-state index in [-0.39, 0.29) is 12.2 Å². The van der Waals surface area contributed by atoms with Crippen LogP contribution in [-0.2, 0) is 60.8 Å². The van der Waals surface area contributed by atoms with Gasteiger partial charge in [0.1, 0.15) is 35.2 Å². The normalized spacial score (nSPS) is 18.1. The van der Waals surface area contributed by atoms with Crippen LogP contribution in [0.5, 0.6) is 0 Å². The van der Waals surface area contributed by atoms with Crippen LogP contribution in [0.1, 0.15) is 95.9 Å². The number of halogens is 2. The van der Waals surface area contributed by atoms with Gasteiger partial charge in [-0.15, -0.1) is 0 Å². The molecule has 2 fully saturated rings. The van der Waals surface area contributed by atoms with Gasteiger partial charge in [0.25, 0.3) is 0 Å². The van der Waals surface area contributed by atoms with E-state index in [1.165, 1.54) is 109 Å². The molecular weight excluding hydrogens is 723 g/mol. The zero-order chi connectivity index (χ0) is 37.3. The first-order valence-corrected chi connectivity index (χ1v) is 20.3. The fourth-order valence-corrected chi connectivity index (χ4v) is 8.71. The highest BCUT2D eigenvalue weighted by Gasteiger charge is 2.29. The number of hydrogen-bond acceptors (Lipinski definition) is 8. The Kier molecular flexibility index (Phi) is 12.9. The minimum atomic E-state index is -0.258. The zero-order valence-corrected chi connectivity index (χ0v) is 32.3. The molecule has 0 radical (unpaired) electrons. The van der Waals surface area contributed by atoms with Gasteiger partial charge in [-0.1, -0.05) is 23.2 Å². The Morgan fingerprint density at radius 1 is 0.444 bits per heavy atom. The van der Waals surface area contributed by atoms with E-state index < -0.39 is 0 Å². The number of fused-ring (bicyclic) bond motifs is 4. The van der Waals surface area contributed by atoms with Crippen LogP contribution in [0.25, 0.3) is 0 Å². The maximum atomic E-state index is 11.5. The first kappa shape index (κ1) is 38.0. The molecule has 6 heterocycles. The Balaban J connectivity index is 0.000000113. The third-order valence-corrected chi connectivity index (χ3v) is 11.6. The van der Waals surface area contributed by atoms with Gasteiger partial charge in [-0.25, -0.2) is 29.5 Å². The van der Waals surface area contributed by atoms with Gasteiger partial charge in [0.2, 0.25) is 0 Å². The van der Waals surface area contributed by atoms with Gasteiger partial charge < -0.3 is 9.47 Å². The second-order valence-electron chi connectivity index (χ2n) is 14.4. The highest BCUT2D eigenvalue weighted by Crippen LogP contribution is 2.31. The van der Waals surface area contributed by atoms with Crippen molar-refractivity contribution in [2.75, 3.05) is 36.1 Å². The first-order chi connectivity index (χ1) is 26.5. The lowest BCUT2D eigenvalue weighted by atomic mass is 9.92. The summed E-state index contributed by atoms with van der Waals surface area (Å²) in [5, 5.41) is 1.42. The van der Waals surface area contributed by atoms with Crippen molar-refractivity contribution in [2.45, 2.75) is 103 Å². The van der Waals surface area contributed by atoms with E-state index in [2.05, 4.69) is 44.2 Å². The molecule has 0 spiro atoms. The van der Waals surface area contributed by atoms with Crippen molar-refractivity contribution in [3.05, 3.63) is 104 Å². The molecule has 54 heavy (non-hydrogen) atoms. The van der Waals surface area contributed by atoms with Crippen molar-refractivity contribution < 1.29 is 19.1 Å². The maximum Gasteiger partial charge on any atom is 0.415 e. The van der Waals surface area contributed by atoms with Crippen LogP contribution in [0, 0.1) is 0 Å². The van der Waals surface area contributed by atoms with Gasteiger partial charge in [-0.05, 0) is 172 Å². The van der Waals surface area contributed by atoms with E-state index in [0.717, 1.165) is 50.2 Å². The number of hydrogen-bond donors (Lipinski definition) is 0. The minimum Gasteiger partial charge on any atom is -0.447 e. The first-order valence-electron chi connectivity index (χ1n) is 19.5.